The smallest absolute Gasteiger partial charge is 0.870 e. The van der Waals surface area contributed by atoms with Crippen LogP contribution in [0.15, 0.2) is 24.3 Å². The van der Waals surface area contributed by atoms with Crippen molar-refractivity contribution in [3.63, 3.8) is 0 Å². The van der Waals surface area contributed by atoms with E-state index in [2.05, 4.69) is 0 Å². The average molecular weight is 256 g/mol. The van der Waals surface area contributed by atoms with Crippen LogP contribution >= 0.6 is 0 Å². The minimum absolute atomic E-state index is 0. The predicted molar refractivity (Wildman–Crippen MR) is 32.4 cm³/mol. The average Bonchev–Trinajstić information content (AvgIpc) is 1.89. The molecule has 0 saturated carbocycles. The molecule has 2 nitrogen and oxygen atoms in total. The van der Waals surface area contributed by atoms with E-state index >= 15 is 0 Å². The summed E-state index contributed by atoms with van der Waals surface area (Å²) in [6, 6.07) is 6.56. The Hall–Kier alpha value is 0.872. The zero-order valence-electron chi connectivity index (χ0n) is 6.13. The van der Waals surface area contributed by atoms with Crippen LogP contribution in [0.1, 0.15) is 0 Å². The number of benzene rings is 1. The van der Waals surface area contributed by atoms with Crippen LogP contribution in [-0.4, -0.2) is 7.11 Å². The van der Waals surface area contributed by atoms with Gasteiger partial charge in [0, 0.05) is 0 Å². The first kappa shape index (κ1) is 10.9. The summed E-state index contributed by atoms with van der Waals surface area (Å²) in [6.45, 7) is 0. The summed E-state index contributed by atoms with van der Waals surface area (Å²) in [7, 11) is 1.48. The maximum absolute atomic E-state index is 10.7. The first-order valence-corrected chi connectivity index (χ1v) is 2.64. The van der Waals surface area contributed by atoms with Gasteiger partial charge in [-0.05, 0) is 6.07 Å². The van der Waals surface area contributed by atoms with Gasteiger partial charge in [0.1, 0.15) is 5.75 Å². The minimum Gasteiger partial charge on any atom is -0.870 e. The Kier molecular flexibility index (Phi) is 5.99. The summed E-state index contributed by atoms with van der Waals surface area (Å²) >= 11 is 0. The molecule has 0 aliphatic rings. The Labute approximate surface area is 119 Å². The Morgan fingerprint density at radius 1 is 1.30 bits per heavy atom. The Morgan fingerprint density at radius 2 is 1.90 bits per heavy atom. The third-order valence-corrected chi connectivity index (χ3v) is 1.07. The van der Waals surface area contributed by atoms with Crippen LogP contribution in [0.25, 0.3) is 0 Å². The van der Waals surface area contributed by atoms with Crippen molar-refractivity contribution < 1.29 is 78.7 Å². The summed E-state index contributed by atoms with van der Waals surface area (Å²) in [5, 5.41) is 10.7. The fourth-order valence-corrected chi connectivity index (χ4v) is 0.619. The van der Waals surface area contributed by atoms with Gasteiger partial charge in [-0.3, -0.25) is 0 Å². The van der Waals surface area contributed by atoms with Gasteiger partial charge in [0.2, 0.25) is 0 Å². The quantitative estimate of drug-likeness (QED) is 0.570. The Bertz CT molecular complexity index is 201. The van der Waals surface area contributed by atoms with Crippen LogP contribution < -0.4 is 78.7 Å². The van der Waals surface area contributed by atoms with E-state index in [0.29, 0.717) is 5.75 Å². The molecule has 0 bridgehead atoms. The molecule has 0 atom stereocenters. The third-order valence-electron chi connectivity index (χ3n) is 1.07. The molecule has 0 aliphatic heterocycles. The SMILES string of the molecule is COc1ccccc1[O-].[Cs+]. The molecule has 0 unspecified atom stereocenters. The van der Waals surface area contributed by atoms with E-state index in [9.17, 15) is 5.11 Å². The molecule has 10 heavy (non-hydrogen) atoms. The molecule has 0 amide bonds. The van der Waals surface area contributed by atoms with Gasteiger partial charge in [0.05, 0.1) is 7.11 Å². The largest absolute Gasteiger partial charge is 1.00 e. The van der Waals surface area contributed by atoms with Crippen LogP contribution in [0, 0.1) is 0 Å². The van der Waals surface area contributed by atoms with Gasteiger partial charge in [-0.15, -0.1) is 0 Å². The summed E-state index contributed by atoms with van der Waals surface area (Å²) in [5.41, 5.74) is 0. The third kappa shape index (κ3) is 2.86. The summed E-state index contributed by atoms with van der Waals surface area (Å²) < 4.78 is 4.73. The summed E-state index contributed by atoms with van der Waals surface area (Å²) in [6.07, 6.45) is 0. The topological polar surface area (TPSA) is 32.3 Å². The zero-order chi connectivity index (χ0) is 6.69. The first-order chi connectivity index (χ1) is 4.34. The van der Waals surface area contributed by atoms with Crippen molar-refractivity contribution >= 4 is 0 Å². The Balaban J connectivity index is 0.000000810. The van der Waals surface area contributed by atoms with Gasteiger partial charge in [0.25, 0.3) is 0 Å². The second-order valence-corrected chi connectivity index (χ2v) is 1.65. The fraction of sp³-hybridized carbons (Fsp3) is 0.143. The molecular weight excluding hydrogens is 249 g/mol. The van der Waals surface area contributed by atoms with Crippen molar-refractivity contribution in [1.29, 1.82) is 0 Å². The van der Waals surface area contributed by atoms with Gasteiger partial charge < -0.3 is 9.84 Å². The monoisotopic (exact) mass is 256 g/mol. The zero-order valence-corrected chi connectivity index (χ0v) is 12.4. The van der Waals surface area contributed by atoms with Crippen LogP contribution in [0.4, 0.5) is 0 Å². The van der Waals surface area contributed by atoms with E-state index in [4.69, 9.17) is 4.74 Å². The molecule has 3 heteroatoms. The first-order valence-electron chi connectivity index (χ1n) is 2.64. The second kappa shape index (κ2) is 5.51. The van der Waals surface area contributed by atoms with Crippen molar-refractivity contribution in [3.05, 3.63) is 24.3 Å². The number of hydrogen-bond donors (Lipinski definition) is 0. The van der Waals surface area contributed by atoms with Gasteiger partial charge >= 0.3 is 68.9 Å². The summed E-state index contributed by atoms with van der Waals surface area (Å²) in [4.78, 5) is 0. The van der Waals surface area contributed by atoms with E-state index < -0.39 is 0 Å². The number of methoxy groups -OCH3 is 1. The van der Waals surface area contributed by atoms with E-state index in [-0.39, 0.29) is 74.6 Å². The molecule has 1 aromatic carbocycles. The van der Waals surface area contributed by atoms with Crippen molar-refractivity contribution in [3.8, 4) is 11.5 Å². The molecule has 0 radical (unpaired) electrons. The normalized spacial score (nSPS) is 8.10. The van der Waals surface area contributed by atoms with E-state index in [1.54, 1.807) is 18.2 Å². The van der Waals surface area contributed by atoms with Gasteiger partial charge in [-0.25, -0.2) is 0 Å². The molecular formula is C7H7CsO2. The number of ether oxygens (including phenoxy) is 1. The molecule has 0 saturated heterocycles. The van der Waals surface area contributed by atoms with Gasteiger partial charge in [0.15, 0.2) is 0 Å². The fourth-order valence-electron chi connectivity index (χ4n) is 0.619. The van der Waals surface area contributed by atoms with E-state index in [0.717, 1.165) is 0 Å². The molecule has 0 N–H and O–H groups in total. The maximum Gasteiger partial charge on any atom is 1.00 e. The standard InChI is InChI=1S/C7H8O2.Cs/c1-9-7-5-3-2-4-6(7)8;/h2-5,8H,1H3;/q;+1/p-1. The number of hydrogen-bond acceptors (Lipinski definition) is 2. The van der Waals surface area contributed by atoms with Crippen molar-refractivity contribution in [2.24, 2.45) is 0 Å². The molecule has 1 aromatic rings. The maximum atomic E-state index is 10.7. The molecule has 1 rings (SSSR count). The van der Waals surface area contributed by atoms with Crippen LogP contribution in [-0.2, 0) is 0 Å². The van der Waals surface area contributed by atoms with Crippen LogP contribution in [0.3, 0.4) is 0 Å². The van der Waals surface area contributed by atoms with Crippen LogP contribution in [0.5, 0.6) is 11.5 Å². The molecule has 0 aliphatic carbocycles. The summed E-state index contributed by atoms with van der Waals surface area (Å²) in [5.74, 6) is 0.331. The molecule has 48 valence electrons. The Morgan fingerprint density at radius 3 is 2.30 bits per heavy atom. The second-order valence-electron chi connectivity index (χ2n) is 1.65. The van der Waals surface area contributed by atoms with Crippen molar-refractivity contribution in [2.45, 2.75) is 0 Å². The number of rotatable bonds is 1. The van der Waals surface area contributed by atoms with Gasteiger partial charge in [-0.1, -0.05) is 23.9 Å². The molecule has 0 spiro atoms. The molecule has 0 heterocycles. The van der Waals surface area contributed by atoms with Crippen LogP contribution in [0.2, 0.25) is 0 Å². The molecule has 0 fully saturated rings. The molecule has 0 aromatic heterocycles. The van der Waals surface area contributed by atoms with E-state index in [1.807, 2.05) is 0 Å². The number of para-hydroxylation sites is 2. The predicted octanol–water partition coefficient (Wildman–Crippen LogP) is -2.23. The minimum atomic E-state index is -0.0694. The van der Waals surface area contributed by atoms with Gasteiger partial charge in [-0.2, -0.15) is 0 Å². The van der Waals surface area contributed by atoms with Crippen molar-refractivity contribution in [2.75, 3.05) is 7.11 Å². The van der Waals surface area contributed by atoms with Crippen molar-refractivity contribution in [1.82, 2.24) is 0 Å². The van der Waals surface area contributed by atoms with E-state index in [1.165, 1.54) is 13.2 Å².